The number of nitrogens with one attached hydrogen (secondary N) is 1. The molecule has 0 aliphatic carbocycles. The molecule has 1 saturated heterocycles. The van der Waals surface area contributed by atoms with E-state index >= 15 is 0 Å². The number of rotatable bonds is 8. The van der Waals surface area contributed by atoms with Gasteiger partial charge in [0.2, 0.25) is 0 Å². The van der Waals surface area contributed by atoms with Crippen LogP contribution < -0.4 is 11.1 Å². The molecule has 0 atom stereocenters. The molecule has 1 aliphatic rings. The zero-order chi connectivity index (χ0) is 19.6. The van der Waals surface area contributed by atoms with Gasteiger partial charge in [-0.2, -0.15) is 0 Å². The van der Waals surface area contributed by atoms with Crippen molar-refractivity contribution >= 4 is 11.7 Å². The number of amides is 1. The van der Waals surface area contributed by atoms with E-state index in [1.54, 1.807) is 0 Å². The summed E-state index contributed by atoms with van der Waals surface area (Å²) >= 11 is 0. The molecule has 0 radical (unpaired) electrons. The fourth-order valence-corrected chi connectivity index (χ4v) is 2.91. The maximum atomic E-state index is 11.8. The first-order valence-corrected chi connectivity index (χ1v) is 9.36. The van der Waals surface area contributed by atoms with E-state index in [2.05, 4.69) is 21.4 Å². The summed E-state index contributed by atoms with van der Waals surface area (Å²) in [6, 6.07) is 17.5. The molecule has 3 rings (SSSR count). The third-order valence-electron chi connectivity index (χ3n) is 4.42. The highest BCUT2D eigenvalue weighted by molar-refractivity contribution is 5.97. The predicted molar refractivity (Wildman–Crippen MR) is 108 cm³/mol. The number of ether oxygens (including phenoxy) is 1. The van der Waals surface area contributed by atoms with E-state index in [9.17, 15) is 4.79 Å². The van der Waals surface area contributed by atoms with E-state index < -0.39 is 0 Å². The molecule has 1 amide bonds. The summed E-state index contributed by atoms with van der Waals surface area (Å²) in [6.07, 6.45) is 0. The molecule has 1 fully saturated rings. The third kappa shape index (κ3) is 6.37. The zero-order valence-electron chi connectivity index (χ0n) is 15.8. The van der Waals surface area contributed by atoms with Crippen LogP contribution in [0.3, 0.4) is 0 Å². The molecule has 0 unspecified atom stereocenters. The van der Waals surface area contributed by atoms with Gasteiger partial charge in [0, 0.05) is 31.7 Å². The molecule has 28 heavy (non-hydrogen) atoms. The summed E-state index contributed by atoms with van der Waals surface area (Å²) in [5, 5.41) is 6.65. The van der Waals surface area contributed by atoms with Crippen LogP contribution in [0.25, 0.3) is 0 Å². The van der Waals surface area contributed by atoms with Crippen molar-refractivity contribution in [1.29, 1.82) is 0 Å². The number of morpholine rings is 1. The average molecular weight is 382 g/mol. The molecule has 1 heterocycles. The number of nitrogens with zero attached hydrogens (tertiary/aromatic N) is 2. The number of oxime groups is 1. The minimum absolute atomic E-state index is 0.180. The molecule has 3 N–H and O–H groups in total. The van der Waals surface area contributed by atoms with Crippen LogP contribution in [0.15, 0.2) is 59.8 Å². The van der Waals surface area contributed by atoms with E-state index in [0.29, 0.717) is 6.54 Å². The zero-order valence-corrected chi connectivity index (χ0v) is 15.8. The Balaban J connectivity index is 1.46. The standard InChI is InChI=1S/C21H26N4O3/c22-21(24-28-16-20(26)23-14-17-5-2-1-3-6-17)19-8-4-7-18(13-19)15-25-9-11-27-12-10-25/h1-8,13H,9-12,14-16H2,(H2,22,24)(H,23,26). The van der Waals surface area contributed by atoms with Gasteiger partial charge >= 0.3 is 0 Å². The van der Waals surface area contributed by atoms with E-state index in [1.165, 1.54) is 0 Å². The van der Waals surface area contributed by atoms with Crippen molar-refractivity contribution in [1.82, 2.24) is 10.2 Å². The van der Waals surface area contributed by atoms with Crippen LogP contribution in [0.2, 0.25) is 0 Å². The van der Waals surface area contributed by atoms with Crippen LogP contribution in [-0.4, -0.2) is 49.6 Å². The minimum Gasteiger partial charge on any atom is -0.384 e. The number of carbonyl (C=O) groups excluding carboxylic acids is 1. The first-order valence-electron chi connectivity index (χ1n) is 9.36. The van der Waals surface area contributed by atoms with Crippen LogP contribution in [0, 0.1) is 0 Å². The molecule has 148 valence electrons. The predicted octanol–water partition coefficient (Wildman–Crippen LogP) is 1.47. The van der Waals surface area contributed by atoms with Gasteiger partial charge in [-0.25, -0.2) is 0 Å². The molecule has 1 aliphatic heterocycles. The molecule has 0 aromatic heterocycles. The van der Waals surface area contributed by atoms with Gasteiger partial charge in [0.05, 0.1) is 13.2 Å². The van der Waals surface area contributed by atoms with Crippen molar-refractivity contribution < 1.29 is 14.4 Å². The number of amidine groups is 1. The van der Waals surface area contributed by atoms with Gasteiger partial charge < -0.3 is 20.6 Å². The van der Waals surface area contributed by atoms with Gasteiger partial charge in [-0.15, -0.1) is 0 Å². The Bertz CT molecular complexity index is 789. The minimum atomic E-state index is -0.249. The number of benzene rings is 2. The van der Waals surface area contributed by atoms with Gasteiger partial charge in [-0.05, 0) is 17.2 Å². The van der Waals surface area contributed by atoms with E-state index in [1.807, 2.05) is 48.5 Å². The molecule has 7 heteroatoms. The van der Waals surface area contributed by atoms with E-state index in [0.717, 1.165) is 49.5 Å². The highest BCUT2D eigenvalue weighted by Gasteiger charge is 2.11. The smallest absolute Gasteiger partial charge is 0.261 e. The Hall–Kier alpha value is -2.90. The lowest BCUT2D eigenvalue weighted by Gasteiger charge is -2.26. The fourth-order valence-electron chi connectivity index (χ4n) is 2.91. The van der Waals surface area contributed by atoms with Gasteiger partial charge in [-0.1, -0.05) is 53.7 Å². The Labute approximate surface area is 165 Å². The van der Waals surface area contributed by atoms with Crippen LogP contribution >= 0.6 is 0 Å². The monoisotopic (exact) mass is 382 g/mol. The van der Waals surface area contributed by atoms with Crippen LogP contribution in [0.5, 0.6) is 0 Å². The second-order valence-corrected chi connectivity index (χ2v) is 6.60. The highest BCUT2D eigenvalue weighted by Crippen LogP contribution is 2.10. The summed E-state index contributed by atoms with van der Waals surface area (Å²) in [6.45, 7) is 4.50. The third-order valence-corrected chi connectivity index (χ3v) is 4.42. The SMILES string of the molecule is N/C(=N/OCC(=O)NCc1ccccc1)c1cccc(CN2CCOCC2)c1. The van der Waals surface area contributed by atoms with Gasteiger partial charge in [0.15, 0.2) is 12.4 Å². The molecular formula is C21H26N4O3. The highest BCUT2D eigenvalue weighted by atomic mass is 16.6. The quantitative estimate of drug-likeness (QED) is 0.410. The second-order valence-electron chi connectivity index (χ2n) is 6.60. The molecule has 2 aromatic carbocycles. The summed E-state index contributed by atoms with van der Waals surface area (Å²) in [5.41, 5.74) is 8.96. The maximum Gasteiger partial charge on any atom is 0.261 e. The lowest BCUT2D eigenvalue weighted by Crippen LogP contribution is -2.35. The van der Waals surface area contributed by atoms with Gasteiger partial charge in [0.25, 0.3) is 5.91 Å². The van der Waals surface area contributed by atoms with Crippen LogP contribution in [-0.2, 0) is 27.5 Å². The van der Waals surface area contributed by atoms with Gasteiger partial charge in [-0.3, -0.25) is 9.69 Å². The lowest BCUT2D eigenvalue weighted by atomic mass is 10.1. The Morgan fingerprint density at radius 1 is 1.11 bits per heavy atom. The van der Waals surface area contributed by atoms with E-state index in [-0.39, 0.29) is 18.3 Å². The normalized spacial score (nSPS) is 15.2. The molecule has 0 saturated carbocycles. The van der Waals surface area contributed by atoms with Crippen LogP contribution in [0.1, 0.15) is 16.7 Å². The average Bonchev–Trinajstić information content (AvgIpc) is 2.74. The molecule has 0 spiro atoms. The van der Waals surface area contributed by atoms with Crippen molar-refractivity contribution in [2.45, 2.75) is 13.1 Å². The maximum absolute atomic E-state index is 11.8. The number of hydrogen-bond acceptors (Lipinski definition) is 5. The fraction of sp³-hybridized carbons (Fsp3) is 0.333. The molecule has 7 nitrogen and oxygen atoms in total. The summed E-state index contributed by atoms with van der Waals surface area (Å²) in [7, 11) is 0. The summed E-state index contributed by atoms with van der Waals surface area (Å²) in [5.74, 6) is 0.00107. The van der Waals surface area contributed by atoms with Crippen molar-refractivity contribution in [2.75, 3.05) is 32.9 Å². The Kier molecular flexibility index (Phi) is 7.40. The molecule has 0 bridgehead atoms. The summed E-state index contributed by atoms with van der Waals surface area (Å²) < 4.78 is 5.38. The Morgan fingerprint density at radius 2 is 1.86 bits per heavy atom. The lowest BCUT2D eigenvalue weighted by molar-refractivity contribution is -0.125. The van der Waals surface area contributed by atoms with Gasteiger partial charge in [0.1, 0.15) is 0 Å². The van der Waals surface area contributed by atoms with Crippen molar-refractivity contribution in [2.24, 2.45) is 10.9 Å². The Morgan fingerprint density at radius 3 is 2.64 bits per heavy atom. The largest absolute Gasteiger partial charge is 0.384 e. The van der Waals surface area contributed by atoms with Crippen LogP contribution in [0.4, 0.5) is 0 Å². The summed E-state index contributed by atoms with van der Waals surface area (Å²) in [4.78, 5) is 19.3. The molecular weight excluding hydrogens is 356 g/mol. The van der Waals surface area contributed by atoms with Crippen molar-refractivity contribution in [3.8, 4) is 0 Å². The number of nitrogens with two attached hydrogens (primary N) is 1. The second kappa shape index (κ2) is 10.4. The first kappa shape index (κ1) is 19.9. The van der Waals surface area contributed by atoms with Crippen molar-refractivity contribution in [3.05, 3.63) is 71.3 Å². The topological polar surface area (TPSA) is 89.2 Å². The number of hydrogen-bond donors (Lipinski definition) is 2. The number of carbonyl (C=O) groups is 1. The van der Waals surface area contributed by atoms with E-state index in [4.69, 9.17) is 15.3 Å². The molecule has 2 aromatic rings. The van der Waals surface area contributed by atoms with Crippen molar-refractivity contribution in [3.63, 3.8) is 0 Å². The first-order chi connectivity index (χ1) is 13.7.